The molecule has 0 fully saturated rings. The number of halogens is 1. The van der Waals surface area contributed by atoms with Gasteiger partial charge in [-0.1, -0.05) is 48.0 Å². The van der Waals surface area contributed by atoms with Crippen molar-refractivity contribution in [3.63, 3.8) is 0 Å². The van der Waals surface area contributed by atoms with Crippen LogP contribution in [0.5, 0.6) is 0 Å². The fraction of sp³-hybridized carbons (Fsp3) is 0.333. The third-order valence-corrected chi connectivity index (χ3v) is 4.58. The van der Waals surface area contributed by atoms with Crippen LogP contribution in [0.4, 0.5) is 0 Å². The number of aryl methyl sites for hydroxylation is 1. The predicted octanol–water partition coefficient (Wildman–Crippen LogP) is 4.41. The molecule has 104 valence electrons. The highest BCUT2D eigenvalue weighted by Crippen LogP contribution is 2.37. The van der Waals surface area contributed by atoms with Crippen LogP contribution >= 0.6 is 11.6 Å². The second-order valence-corrected chi connectivity index (χ2v) is 6.03. The lowest BCUT2D eigenvalue weighted by molar-refractivity contribution is 0.335. The normalized spacial score (nSPS) is 21.5. The lowest BCUT2D eigenvalue weighted by Crippen LogP contribution is -2.31. The van der Waals surface area contributed by atoms with Crippen molar-refractivity contribution in [2.45, 2.75) is 25.3 Å². The maximum Gasteiger partial charge on any atom is 0.0408 e. The molecule has 0 saturated heterocycles. The summed E-state index contributed by atoms with van der Waals surface area (Å²) in [6, 6.07) is 17.5. The third-order valence-electron chi connectivity index (χ3n) is 4.35. The van der Waals surface area contributed by atoms with Crippen LogP contribution in [0, 0.1) is 5.92 Å². The van der Waals surface area contributed by atoms with Crippen LogP contribution < -0.4 is 5.32 Å². The van der Waals surface area contributed by atoms with Crippen LogP contribution in [-0.4, -0.2) is 7.05 Å². The van der Waals surface area contributed by atoms with Gasteiger partial charge >= 0.3 is 0 Å². The Morgan fingerprint density at radius 2 is 1.95 bits per heavy atom. The molecule has 1 nitrogen and oxygen atoms in total. The lowest BCUT2D eigenvalue weighted by Gasteiger charge is -2.34. The summed E-state index contributed by atoms with van der Waals surface area (Å²) in [6.07, 6.45) is 3.48. The second kappa shape index (κ2) is 5.99. The van der Waals surface area contributed by atoms with E-state index in [-0.39, 0.29) is 0 Å². The first-order valence-electron chi connectivity index (χ1n) is 7.27. The van der Waals surface area contributed by atoms with E-state index >= 15 is 0 Å². The standard InChI is InChI=1S/C18H20ClN/c1-20-18-15(11-13-5-3-2-4-6-13)8-7-14-12-16(19)9-10-17(14)18/h2-6,9-10,12,15,18,20H,7-8,11H2,1H3. The molecule has 0 saturated carbocycles. The summed E-state index contributed by atoms with van der Waals surface area (Å²) in [7, 11) is 2.06. The van der Waals surface area contributed by atoms with E-state index in [9.17, 15) is 0 Å². The first kappa shape index (κ1) is 13.7. The van der Waals surface area contributed by atoms with Gasteiger partial charge in [0, 0.05) is 11.1 Å². The average molecular weight is 286 g/mol. The summed E-state index contributed by atoms with van der Waals surface area (Å²) in [4.78, 5) is 0. The average Bonchev–Trinajstić information content (AvgIpc) is 2.48. The number of rotatable bonds is 3. The van der Waals surface area contributed by atoms with E-state index in [1.54, 1.807) is 0 Å². The Balaban J connectivity index is 1.85. The van der Waals surface area contributed by atoms with Gasteiger partial charge in [-0.25, -0.2) is 0 Å². The fourth-order valence-corrected chi connectivity index (χ4v) is 3.58. The minimum absolute atomic E-state index is 0.427. The molecular formula is C18H20ClN. The van der Waals surface area contributed by atoms with Crippen LogP contribution in [0.25, 0.3) is 0 Å². The minimum Gasteiger partial charge on any atom is -0.313 e. The topological polar surface area (TPSA) is 12.0 Å². The van der Waals surface area contributed by atoms with E-state index in [0.29, 0.717) is 12.0 Å². The SMILES string of the molecule is CNC1c2ccc(Cl)cc2CCC1Cc1ccccc1. The molecule has 0 spiro atoms. The highest BCUT2D eigenvalue weighted by Gasteiger charge is 2.28. The molecule has 0 radical (unpaired) electrons. The lowest BCUT2D eigenvalue weighted by atomic mass is 9.77. The predicted molar refractivity (Wildman–Crippen MR) is 85.2 cm³/mol. The summed E-state index contributed by atoms with van der Waals surface area (Å²) in [6.45, 7) is 0. The number of nitrogens with one attached hydrogen (secondary N) is 1. The molecule has 0 aliphatic heterocycles. The summed E-state index contributed by atoms with van der Waals surface area (Å²) in [5, 5.41) is 4.35. The van der Waals surface area contributed by atoms with E-state index < -0.39 is 0 Å². The Labute approximate surface area is 126 Å². The first-order chi connectivity index (χ1) is 9.78. The Bertz CT molecular complexity index is 579. The van der Waals surface area contributed by atoms with Crippen molar-refractivity contribution in [1.29, 1.82) is 0 Å². The molecule has 0 aromatic heterocycles. The van der Waals surface area contributed by atoms with Gasteiger partial charge in [0.25, 0.3) is 0 Å². The Kier molecular flexibility index (Phi) is 4.09. The number of hydrogen-bond donors (Lipinski definition) is 1. The molecule has 2 aromatic rings. The van der Waals surface area contributed by atoms with Gasteiger partial charge in [-0.15, -0.1) is 0 Å². The zero-order chi connectivity index (χ0) is 13.9. The molecule has 0 amide bonds. The Hall–Kier alpha value is -1.31. The summed E-state index contributed by atoms with van der Waals surface area (Å²) < 4.78 is 0. The molecule has 1 aliphatic rings. The van der Waals surface area contributed by atoms with Crippen molar-refractivity contribution in [1.82, 2.24) is 5.32 Å². The van der Waals surface area contributed by atoms with Crippen molar-refractivity contribution in [3.05, 3.63) is 70.2 Å². The van der Waals surface area contributed by atoms with Gasteiger partial charge in [0.1, 0.15) is 0 Å². The van der Waals surface area contributed by atoms with Crippen LogP contribution in [0.1, 0.15) is 29.2 Å². The van der Waals surface area contributed by atoms with E-state index in [1.807, 2.05) is 6.07 Å². The van der Waals surface area contributed by atoms with Gasteiger partial charge in [-0.05, 0) is 61.1 Å². The van der Waals surface area contributed by atoms with Crippen molar-refractivity contribution < 1.29 is 0 Å². The van der Waals surface area contributed by atoms with E-state index in [0.717, 1.165) is 17.9 Å². The van der Waals surface area contributed by atoms with Gasteiger partial charge in [0.2, 0.25) is 0 Å². The monoisotopic (exact) mass is 285 g/mol. The highest BCUT2D eigenvalue weighted by atomic mass is 35.5. The summed E-state index contributed by atoms with van der Waals surface area (Å²) in [5.41, 5.74) is 4.25. The Morgan fingerprint density at radius 1 is 1.15 bits per heavy atom. The number of hydrogen-bond acceptors (Lipinski definition) is 1. The molecule has 0 heterocycles. The summed E-state index contributed by atoms with van der Waals surface area (Å²) in [5.74, 6) is 0.649. The van der Waals surface area contributed by atoms with Crippen molar-refractivity contribution >= 4 is 11.6 Å². The zero-order valence-electron chi connectivity index (χ0n) is 11.8. The molecule has 1 aliphatic carbocycles. The molecule has 2 heteroatoms. The van der Waals surface area contributed by atoms with Gasteiger partial charge < -0.3 is 5.32 Å². The molecule has 2 atom stereocenters. The number of fused-ring (bicyclic) bond motifs is 1. The fourth-order valence-electron chi connectivity index (χ4n) is 3.38. The van der Waals surface area contributed by atoms with Crippen LogP contribution in [-0.2, 0) is 12.8 Å². The van der Waals surface area contributed by atoms with Gasteiger partial charge in [-0.2, -0.15) is 0 Å². The van der Waals surface area contributed by atoms with Crippen molar-refractivity contribution in [2.24, 2.45) is 5.92 Å². The smallest absolute Gasteiger partial charge is 0.0408 e. The van der Waals surface area contributed by atoms with E-state index in [1.165, 1.54) is 23.1 Å². The number of benzene rings is 2. The minimum atomic E-state index is 0.427. The molecule has 20 heavy (non-hydrogen) atoms. The molecule has 2 unspecified atom stereocenters. The van der Waals surface area contributed by atoms with E-state index in [4.69, 9.17) is 11.6 Å². The van der Waals surface area contributed by atoms with Crippen LogP contribution in [0.2, 0.25) is 5.02 Å². The zero-order valence-corrected chi connectivity index (χ0v) is 12.5. The largest absolute Gasteiger partial charge is 0.313 e. The van der Waals surface area contributed by atoms with E-state index in [2.05, 4.69) is 54.8 Å². The van der Waals surface area contributed by atoms with Gasteiger partial charge in [0.05, 0.1) is 0 Å². The highest BCUT2D eigenvalue weighted by molar-refractivity contribution is 6.30. The maximum atomic E-state index is 6.11. The second-order valence-electron chi connectivity index (χ2n) is 5.60. The van der Waals surface area contributed by atoms with Crippen LogP contribution in [0.15, 0.2) is 48.5 Å². The molecular weight excluding hydrogens is 266 g/mol. The van der Waals surface area contributed by atoms with Gasteiger partial charge in [0.15, 0.2) is 0 Å². The molecule has 3 rings (SSSR count). The van der Waals surface area contributed by atoms with Crippen molar-refractivity contribution in [3.8, 4) is 0 Å². The molecule has 2 aromatic carbocycles. The third kappa shape index (κ3) is 2.74. The summed E-state index contributed by atoms with van der Waals surface area (Å²) >= 11 is 6.11. The first-order valence-corrected chi connectivity index (χ1v) is 7.65. The van der Waals surface area contributed by atoms with Crippen LogP contribution in [0.3, 0.4) is 0 Å². The maximum absolute atomic E-state index is 6.11. The quantitative estimate of drug-likeness (QED) is 0.881. The molecule has 0 bridgehead atoms. The Morgan fingerprint density at radius 3 is 2.70 bits per heavy atom. The van der Waals surface area contributed by atoms with Gasteiger partial charge in [-0.3, -0.25) is 0 Å². The van der Waals surface area contributed by atoms with Crippen molar-refractivity contribution in [2.75, 3.05) is 7.05 Å². The molecule has 1 N–H and O–H groups in total.